The van der Waals surface area contributed by atoms with Gasteiger partial charge < -0.3 is 10.2 Å². The minimum Gasteiger partial charge on any atom is -0.367 e. The molecule has 4 heteroatoms. The molecule has 1 aliphatic heterocycles. The summed E-state index contributed by atoms with van der Waals surface area (Å²) in [6.45, 7) is 2.07. The van der Waals surface area contributed by atoms with Gasteiger partial charge in [0, 0.05) is 0 Å². The zero-order valence-corrected chi connectivity index (χ0v) is 9.39. The molecule has 0 aliphatic carbocycles. The molecular formula is C12H17N3O. The Morgan fingerprint density at radius 2 is 2.12 bits per heavy atom. The highest BCUT2D eigenvalue weighted by atomic mass is 16.5. The minimum absolute atomic E-state index is 0.000191. The standard InChI is InChI=1S/C12H17N3O/c1-9-7-8-11(16-9)12(15-13)14-10-5-3-2-4-6-10/h2-6,9,11H,7-8,13H2,1H3,(H,14,15). The molecular weight excluding hydrogens is 202 g/mol. The van der Waals surface area contributed by atoms with Gasteiger partial charge in [-0.05, 0) is 31.9 Å². The van der Waals surface area contributed by atoms with Crippen LogP contribution in [0.5, 0.6) is 0 Å². The van der Waals surface area contributed by atoms with E-state index < -0.39 is 0 Å². The van der Waals surface area contributed by atoms with Gasteiger partial charge in [0.05, 0.1) is 11.8 Å². The van der Waals surface area contributed by atoms with Crippen LogP contribution in [0.3, 0.4) is 0 Å². The minimum atomic E-state index is 0.000191. The SMILES string of the molecule is CC1CCC(C(=Nc2ccccc2)NN)O1. The summed E-state index contributed by atoms with van der Waals surface area (Å²) >= 11 is 0. The maximum absolute atomic E-state index is 5.71. The van der Waals surface area contributed by atoms with E-state index in [0.29, 0.717) is 11.9 Å². The van der Waals surface area contributed by atoms with Crippen LogP contribution in [-0.4, -0.2) is 18.0 Å². The predicted octanol–water partition coefficient (Wildman–Crippen LogP) is 1.75. The lowest BCUT2D eigenvalue weighted by Crippen LogP contribution is -2.39. The van der Waals surface area contributed by atoms with E-state index in [2.05, 4.69) is 17.3 Å². The van der Waals surface area contributed by atoms with Gasteiger partial charge in [-0.3, -0.25) is 0 Å². The number of hydrogen-bond donors (Lipinski definition) is 2. The second-order valence-electron chi connectivity index (χ2n) is 3.99. The van der Waals surface area contributed by atoms with Crippen molar-refractivity contribution in [3.8, 4) is 0 Å². The van der Waals surface area contributed by atoms with Gasteiger partial charge in [-0.25, -0.2) is 10.8 Å². The Morgan fingerprint density at radius 1 is 1.38 bits per heavy atom. The van der Waals surface area contributed by atoms with Crippen LogP contribution < -0.4 is 11.3 Å². The topological polar surface area (TPSA) is 59.6 Å². The van der Waals surface area contributed by atoms with Crippen molar-refractivity contribution in [2.45, 2.75) is 32.0 Å². The molecule has 0 saturated carbocycles. The molecule has 1 aliphatic rings. The highest BCUT2D eigenvalue weighted by Gasteiger charge is 2.26. The van der Waals surface area contributed by atoms with Crippen LogP contribution in [0.25, 0.3) is 0 Å². The summed E-state index contributed by atoms with van der Waals surface area (Å²) in [5.74, 6) is 6.19. The fourth-order valence-corrected chi connectivity index (χ4v) is 1.84. The molecule has 2 unspecified atom stereocenters. The molecule has 1 saturated heterocycles. The average Bonchev–Trinajstić information content (AvgIpc) is 2.74. The number of nitrogens with one attached hydrogen (secondary N) is 1. The molecule has 3 N–H and O–H groups in total. The Labute approximate surface area is 95.5 Å². The highest BCUT2D eigenvalue weighted by Crippen LogP contribution is 2.21. The molecule has 1 aromatic carbocycles. The second-order valence-corrected chi connectivity index (χ2v) is 3.99. The Bertz CT molecular complexity index is 364. The van der Waals surface area contributed by atoms with E-state index in [1.807, 2.05) is 30.3 Å². The molecule has 0 bridgehead atoms. The third-order valence-corrected chi connectivity index (χ3v) is 2.69. The normalized spacial score (nSPS) is 25.8. The molecule has 86 valence electrons. The van der Waals surface area contributed by atoms with Crippen LogP contribution in [0, 0.1) is 0 Å². The lowest BCUT2D eigenvalue weighted by atomic mass is 10.2. The van der Waals surface area contributed by atoms with E-state index in [-0.39, 0.29) is 6.10 Å². The van der Waals surface area contributed by atoms with E-state index >= 15 is 0 Å². The summed E-state index contributed by atoms with van der Waals surface area (Å²) in [4.78, 5) is 4.45. The maximum Gasteiger partial charge on any atom is 0.145 e. The zero-order valence-electron chi connectivity index (χ0n) is 9.39. The van der Waals surface area contributed by atoms with E-state index in [0.717, 1.165) is 18.5 Å². The third kappa shape index (κ3) is 2.59. The summed E-state index contributed by atoms with van der Waals surface area (Å²) in [7, 11) is 0. The van der Waals surface area contributed by atoms with Gasteiger partial charge in [-0.15, -0.1) is 0 Å². The number of nitrogens with zero attached hydrogens (tertiary/aromatic N) is 1. The van der Waals surface area contributed by atoms with Crippen molar-refractivity contribution < 1.29 is 4.74 Å². The molecule has 0 amide bonds. The molecule has 16 heavy (non-hydrogen) atoms. The molecule has 4 nitrogen and oxygen atoms in total. The Kier molecular flexibility index (Phi) is 3.54. The monoisotopic (exact) mass is 219 g/mol. The van der Waals surface area contributed by atoms with Gasteiger partial charge in [-0.1, -0.05) is 18.2 Å². The number of rotatable bonds is 2. The summed E-state index contributed by atoms with van der Waals surface area (Å²) in [5, 5.41) is 0. The van der Waals surface area contributed by atoms with Crippen LogP contribution in [-0.2, 0) is 4.74 Å². The number of hydrogen-bond acceptors (Lipinski definition) is 3. The fourth-order valence-electron chi connectivity index (χ4n) is 1.84. The highest BCUT2D eigenvalue weighted by molar-refractivity contribution is 5.88. The maximum atomic E-state index is 5.71. The number of aliphatic imine (C=N–C) groups is 1. The van der Waals surface area contributed by atoms with Crippen molar-refractivity contribution in [3.05, 3.63) is 30.3 Å². The second kappa shape index (κ2) is 5.09. The van der Waals surface area contributed by atoms with Gasteiger partial charge >= 0.3 is 0 Å². The molecule has 2 rings (SSSR count). The van der Waals surface area contributed by atoms with Crippen molar-refractivity contribution in [1.29, 1.82) is 0 Å². The first-order valence-corrected chi connectivity index (χ1v) is 5.55. The number of benzene rings is 1. The van der Waals surface area contributed by atoms with Gasteiger partial charge in [0.1, 0.15) is 11.9 Å². The van der Waals surface area contributed by atoms with Gasteiger partial charge in [0.25, 0.3) is 0 Å². The molecule has 1 heterocycles. The van der Waals surface area contributed by atoms with Crippen LogP contribution in [0.4, 0.5) is 5.69 Å². The number of nitrogens with two attached hydrogens (primary N) is 1. The summed E-state index contributed by atoms with van der Waals surface area (Å²) in [5.41, 5.74) is 3.53. The molecule has 1 fully saturated rings. The number of hydrazine groups is 1. The Balaban J connectivity index is 2.13. The number of ether oxygens (including phenoxy) is 1. The van der Waals surface area contributed by atoms with Crippen molar-refractivity contribution in [2.24, 2.45) is 10.8 Å². The smallest absolute Gasteiger partial charge is 0.145 e. The van der Waals surface area contributed by atoms with Crippen LogP contribution in [0.2, 0.25) is 0 Å². The Morgan fingerprint density at radius 3 is 2.69 bits per heavy atom. The number of para-hydroxylation sites is 1. The van der Waals surface area contributed by atoms with Crippen LogP contribution in [0.15, 0.2) is 35.3 Å². The quantitative estimate of drug-likeness (QED) is 0.345. The van der Waals surface area contributed by atoms with Gasteiger partial charge in [0.15, 0.2) is 0 Å². The van der Waals surface area contributed by atoms with Crippen LogP contribution in [0.1, 0.15) is 19.8 Å². The van der Waals surface area contributed by atoms with Gasteiger partial charge in [-0.2, -0.15) is 0 Å². The lowest BCUT2D eigenvalue weighted by Gasteiger charge is -2.13. The number of amidine groups is 1. The summed E-state index contributed by atoms with van der Waals surface area (Å²) in [6, 6.07) is 9.74. The summed E-state index contributed by atoms with van der Waals surface area (Å²) in [6.07, 6.45) is 2.32. The van der Waals surface area contributed by atoms with Crippen LogP contribution >= 0.6 is 0 Å². The van der Waals surface area contributed by atoms with E-state index in [1.54, 1.807) is 0 Å². The molecule has 0 spiro atoms. The molecule has 0 aromatic heterocycles. The van der Waals surface area contributed by atoms with Crippen molar-refractivity contribution in [2.75, 3.05) is 0 Å². The first-order chi connectivity index (χ1) is 7.79. The largest absolute Gasteiger partial charge is 0.367 e. The van der Waals surface area contributed by atoms with Crippen molar-refractivity contribution in [1.82, 2.24) is 5.43 Å². The van der Waals surface area contributed by atoms with Crippen molar-refractivity contribution in [3.63, 3.8) is 0 Å². The molecule has 1 aromatic rings. The predicted molar refractivity (Wildman–Crippen MR) is 64.4 cm³/mol. The fraction of sp³-hybridized carbons (Fsp3) is 0.417. The first-order valence-electron chi connectivity index (χ1n) is 5.55. The summed E-state index contributed by atoms with van der Waals surface area (Å²) < 4.78 is 5.71. The van der Waals surface area contributed by atoms with E-state index in [9.17, 15) is 0 Å². The Hall–Kier alpha value is -1.39. The third-order valence-electron chi connectivity index (χ3n) is 2.69. The van der Waals surface area contributed by atoms with E-state index in [1.165, 1.54) is 0 Å². The first kappa shape index (κ1) is 11.1. The molecule has 0 radical (unpaired) electrons. The zero-order chi connectivity index (χ0) is 11.4. The molecule has 2 atom stereocenters. The lowest BCUT2D eigenvalue weighted by molar-refractivity contribution is 0.0918. The average molecular weight is 219 g/mol. The van der Waals surface area contributed by atoms with E-state index in [4.69, 9.17) is 10.6 Å². The van der Waals surface area contributed by atoms with Crippen molar-refractivity contribution >= 4 is 11.5 Å². The van der Waals surface area contributed by atoms with Gasteiger partial charge in [0.2, 0.25) is 0 Å².